The Balaban J connectivity index is 1.87. The molecule has 0 bridgehead atoms. The van der Waals surface area contributed by atoms with E-state index in [1.54, 1.807) is 43.0 Å². The second kappa shape index (κ2) is 6.90. The Bertz CT molecular complexity index is 855. The molecule has 1 aliphatic rings. The lowest BCUT2D eigenvalue weighted by Gasteiger charge is -2.42. The molecule has 7 heteroatoms. The second-order valence-electron chi connectivity index (χ2n) is 6.12. The molecule has 0 radical (unpaired) electrons. The lowest BCUT2D eigenvalue weighted by Crippen LogP contribution is -2.58. The Morgan fingerprint density at radius 1 is 1.20 bits per heavy atom. The molecule has 1 heterocycles. The van der Waals surface area contributed by atoms with E-state index in [2.05, 4.69) is 5.32 Å². The number of carbonyl (C=O) groups excluding carboxylic acids is 2. The van der Waals surface area contributed by atoms with Crippen LogP contribution in [0.3, 0.4) is 0 Å². The molecule has 0 atom stereocenters. The number of nitrogens with one attached hydrogen (secondary N) is 1. The highest BCUT2D eigenvalue weighted by atomic mass is 35.5. The number of halogens is 2. The molecule has 2 amide bonds. The molecule has 4 nitrogen and oxygen atoms in total. The fraction of sp³-hybridized carbons (Fsp3) is 0.222. The first-order valence-electron chi connectivity index (χ1n) is 7.62. The fourth-order valence-electron chi connectivity index (χ4n) is 2.69. The van der Waals surface area contributed by atoms with Gasteiger partial charge in [-0.25, -0.2) is 0 Å². The van der Waals surface area contributed by atoms with E-state index in [1.165, 1.54) is 11.8 Å². The maximum atomic E-state index is 12.9. The third kappa shape index (κ3) is 3.50. The maximum Gasteiger partial charge on any atom is 0.250 e. The zero-order valence-corrected chi connectivity index (χ0v) is 16.0. The van der Waals surface area contributed by atoms with Crippen molar-refractivity contribution in [3.63, 3.8) is 0 Å². The molecule has 0 aliphatic carbocycles. The van der Waals surface area contributed by atoms with Crippen LogP contribution in [0.2, 0.25) is 10.0 Å². The lowest BCUT2D eigenvalue weighted by molar-refractivity contribution is -0.125. The molecule has 0 spiro atoms. The van der Waals surface area contributed by atoms with Gasteiger partial charge in [0.1, 0.15) is 5.54 Å². The molecule has 1 N–H and O–H groups in total. The second-order valence-corrected chi connectivity index (χ2v) is 7.98. The summed E-state index contributed by atoms with van der Waals surface area (Å²) in [5, 5.41) is 3.94. The molecule has 1 aliphatic heterocycles. The van der Waals surface area contributed by atoms with Crippen molar-refractivity contribution in [1.82, 2.24) is 0 Å². The average molecular weight is 395 g/mol. The smallest absolute Gasteiger partial charge is 0.250 e. The molecular weight excluding hydrogens is 379 g/mol. The van der Waals surface area contributed by atoms with Gasteiger partial charge in [0.15, 0.2) is 0 Å². The lowest BCUT2D eigenvalue weighted by atomic mass is 9.96. The first-order valence-corrected chi connectivity index (χ1v) is 9.36. The van der Waals surface area contributed by atoms with E-state index < -0.39 is 5.54 Å². The minimum absolute atomic E-state index is 0.144. The number of thioether (sulfide) groups is 1. The molecule has 130 valence electrons. The predicted octanol–water partition coefficient (Wildman–Crippen LogP) is 4.85. The van der Waals surface area contributed by atoms with Crippen LogP contribution in [0.4, 0.5) is 11.4 Å². The number of para-hydroxylation sites is 2. The van der Waals surface area contributed by atoms with Crippen molar-refractivity contribution in [3.8, 4) is 0 Å². The third-order valence-corrected chi connectivity index (χ3v) is 5.72. The molecule has 0 saturated heterocycles. The fourth-order valence-corrected chi connectivity index (χ4v) is 4.03. The van der Waals surface area contributed by atoms with Gasteiger partial charge < -0.3 is 5.32 Å². The van der Waals surface area contributed by atoms with Crippen LogP contribution >= 0.6 is 35.0 Å². The van der Waals surface area contributed by atoms with Crippen molar-refractivity contribution in [2.24, 2.45) is 0 Å². The number of benzene rings is 2. The van der Waals surface area contributed by atoms with Gasteiger partial charge in [-0.05, 0) is 44.2 Å². The van der Waals surface area contributed by atoms with Gasteiger partial charge in [-0.3, -0.25) is 14.5 Å². The third-order valence-electron chi connectivity index (χ3n) is 4.00. The predicted molar refractivity (Wildman–Crippen MR) is 104 cm³/mol. The van der Waals surface area contributed by atoms with E-state index in [-0.39, 0.29) is 17.6 Å². The summed E-state index contributed by atoms with van der Waals surface area (Å²) in [6.45, 7) is 3.46. The minimum Gasteiger partial charge on any atom is -0.322 e. The molecule has 2 aromatic carbocycles. The SMILES string of the molecule is CC1(C)C(=O)Nc2ccccc2N1C(=O)CSc1cc(Cl)ccc1Cl. The highest BCUT2D eigenvalue weighted by Crippen LogP contribution is 2.38. The van der Waals surface area contributed by atoms with Crippen LogP contribution in [0.1, 0.15) is 13.8 Å². The molecule has 0 fully saturated rings. The number of amides is 2. The van der Waals surface area contributed by atoms with Crippen molar-refractivity contribution in [3.05, 3.63) is 52.5 Å². The van der Waals surface area contributed by atoms with Gasteiger partial charge in [-0.2, -0.15) is 0 Å². The summed E-state index contributed by atoms with van der Waals surface area (Å²) in [6, 6.07) is 12.4. The Morgan fingerprint density at radius 2 is 1.92 bits per heavy atom. The number of anilines is 2. The molecular formula is C18H16Cl2N2O2S. The van der Waals surface area contributed by atoms with Gasteiger partial charge in [0.05, 0.1) is 22.2 Å². The van der Waals surface area contributed by atoms with E-state index in [9.17, 15) is 9.59 Å². The van der Waals surface area contributed by atoms with Gasteiger partial charge >= 0.3 is 0 Å². The summed E-state index contributed by atoms with van der Waals surface area (Å²) in [7, 11) is 0. The Labute approximate surface area is 160 Å². The Morgan fingerprint density at radius 3 is 2.68 bits per heavy atom. The summed E-state index contributed by atoms with van der Waals surface area (Å²) in [6.07, 6.45) is 0. The summed E-state index contributed by atoms with van der Waals surface area (Å²) in [5.41, 5.74) is 0.338. The highest BCUT2D eigenvalue weighted by Gasteiger charge is 2.43. The quantitative estimate of drug-likeness (QED) is 0.756. The summed E-state index contributed by atoms with van der Waals surface area (Å²) < 4.78 is 0. The average Bonchev–Trinajstić information content (AvgIpc) is 2.56. The van der Waals surface area contributed by atoms with Crippen LogP contribution in [-0.2, 0) is 9.59 Å². The topological polar surface area (TPSA) is 49.4 Å². The largest absolute Gasteiger partial charge is 0.322 e. The molecule has 25 heavy (non-hydrogen) atoms. The van der Waals surface area contributed by atoms with Crippen LogP contribution in [0, 0.1) is 0 Å². The van der Waals surface area contributed by atoms with Crippen LogP contribution in [0.5, 0.6) is 0 Å². The van der Waals surface area contributed by atoms with E-state index in [4.69, 9.17) is 23.2 Å². The van der Waals surface area contributed by atoms with Crippen LogP contribution < -0.4 is 10.2 Å². The van der Waals surface area contributed by atoms with Crippen molar-refractivity contribution in [2.45, 2.75) is 24.3 Å². The van der Waals surface area contributed by atoms with Crippen LogP contribution in [0.15, 0.2) is 47.4 Å². The van der Waals surface area contributed by atoms with E-state index in [0.29, 0.717) is 21.4 Å². The molecule has 2 aromatic rings. The molecule has 0 saturated carbocycles. The van der Waals surface area contributed by atoms with E-state index >= 15 is 0 Å². The number of hydrogen-bond acceptors (Lipinski definition) is 3. The Kier molecular flexibility index (Phi) is 5.00. The van der Waals surface area contributed by atoms with Gasteiger partial charge in [0.25, 0.3) is 0 Å². The van der Waals surface area contributed by atoms with Gasteiger partial charge in [0, 0.05) is 9.92 Å². The van der Waals surface area contributed by atoms with E-state index in [1.807, 2.05) is 18.2 Å². The zero-order chi connectivity index (χ0) is 18.2. The summed E-state index contributed by atoms with van der Waals surface area (Å²) in [4.78, 5) is 27.6. The number of hydrogen-bond donors (Lipinski definition) is 1. The van der Waals surface area contributed by atoms with Gasteiger partial charge in [-0.15, -0.1) is 11.8 Å². The summed E-state index contributed by atoms with van der Waals surface area (Å²) >= 11 is 13.4. The standard InChI is InChI=1S/C18H16Cl2N2O2S/c1-18(2)17(24)21-13-5-3-4-6-14(13)22(18)16(23)10-25-15-9-11(19)7-8-12(15)20/h3-9H,10H2,1-2H3,(H,21,24). The van der Waals surface area contributed by atoms with Crippen molar-refractivity contribution >= 4 is 58.2 Å². The van der Waals surface area contributed by atoms with E-state index in [0.717, 1.165) is 4.90 Å². The zero-order valence-electron chi connectivity index (χ0n) is 13.7. The van der Waals surface area contributed by atoms with Crippen LogP contribution in [-0.4, -0.2) is 23.1 Å². The van der Waals surface area contributed by atoms with Crippen molar-refractivity contribution in [2.75, 3.05) is 16.0 Å². The van der Waals surface area contributed by atoms with Crippen LogP contribution in [0.25, 0.3) is 0 Å². The first-order chi connectivity index (χ1) is 11.8. The molecule has 3 rings (SSSR count). The molecule has 0 unspecified atom stereocenters. The number of carbonyl (C=O) groups is 2. The molecule has 0 aromatic heterocycles. The first kappa shape index (κ1) is 18.1. The maximum absolute atomic E-state index is 12.9. The minimum atomic E-state index is -0.982. The number of fused-ring (bicyclic) bond motifs is 1. The van der Waals surface area contributed by atoms with Crippen molar-refractivity contribution < 1.29 is 9.59 Å². The van der Waals surface area contributed by atoms with Gasteiger partial charge in [-0.1, -0.05) is 35.3 Å². The highest BCUT2D eigenvalue weighted by molar-refractivity contribution is 8.00. The normalized spacial score (nSPS) is 15.5. The van der Waals surface area contributed by atoms with Crippen molar-refractivity contribution in [1.29, 1.82) is 0 Å². The monoisotopic (exact) mass is 394 g/mol. The van der Waals surface area contributed by atoms with Gasteiger partial charge in [0.2, 0.25) is 11.8 Å². The summed E-state index contributed by atoms with van der Waals surface area (Å²) in [5.74, 6) is -0.246. The Hall–Kier alpha value is -1.69. The number of rotatable bonds is 3. The number of nitrogens with zero attached hydrogens (tertiary/aromatic N) is 1.